The molecule has 1 saturated carbocycles. The van der Waals surface area contributed by atoms with Gasteiger partial charge < -0.3 is 15.5 Å². The van der Waals surface area contributed by atoms with E-state index in [0.29, 0.717) is 6.04 Å². The molecule has 0 radical (unpaired) electrons. The maximum absolute atomic E-state index is 4.59. The summed E-state index contributed by atoms with van der Waals surface area (Å²) in [6.45, 7) is 3.01. The highest BCUT2D eigenvalue weighted by Crippen LogP contribution is 2.27. The second-order valence-electron chi connectivity index (χ2n) is 6.59. The Morgan fingerprint density at radius 2 is 2.04 bits per heavy atom. The lowest BCUT2D eigenvalue weighted by atomic mass is 9.83. The first kappa shape index (κ1) is 21.5. The van der Waals surface area contributed by atoms with E-state index in [-0.39, 0.29) is 24.0 Å². The molecule has 0 aromatic carbocycles. The lowest BCUT2D eigenvalue weighted by Gasteiger charge is -2.30. The first-order chi connectivity index (χ1) is 11.1. The van der Waals surface area contributed by atoms with Gasteiger partial charge in [-0.3, -0.25) is 4.99 Å². The fourth-order valence-electron chi connectivity index (χ4n) is 3.15. The van der Waals surface area contributed by atoms with Gasteiger partial charge in [-0.2, -0.15) is 0 Å². The van der Waals surface area contributed by atoms with Crippen LogP contribution < -0.4 is 15.5 Å². The molecule has 0 amide bonds. The van der Waals surface area contributed by atoms with Crippen molar-refractivity contribution in [1.82, 2.24) is 15.6 Å². The van der Waals surface area contributed by atoms with E-state index >= 15 is 0 Å². The monoisotopic (exact) mass is 465 g/mol. The predicted molar refractivity (Wildman–Crippen MR) is 116 cm³/mol. The van der Waals surface area contributed by atoms with Gasteiger partial charge in [0.15, 0.2) is 11.1 Å². The van der Waals surface area contributed by atoms with Crippen LogP contribution in [-0.4, -0.2) is 38.1 Å². The molecule has 0 unspecified atom stereocenters. The largest absolute Gasteiger partial charge is 0.354 e. The van der Waals surface area contributed by atoms with Crippen LogP contribution in [-0.2, 0) is 6.54 Å². The molecule has 2 N–H and O–H groups in total. The van der Waals surface area contributed by atoms with E-state index in [4.69, 9.17) is 0 Å². The van der Waals surface area contributed by atoms with E-state index < -0.39 is 0 Å². The highest BCUT2D eigenvalue weighted by molar-refractivity contribution is 14.0. The molecule has 7 heteroatoms. The van der Waals surface area contributed by atoms with Crippen molar-refractivity contribution in [2.75, 3.05) is 26.0 Å². The van der Waals surface area contributed by atoms with Crippen LogP contribution >= 0.6 is 35.3 Å². The standard InChI is InChI=1S/C17H31N5S.HI/c1-5-6-13-7-9-14(10-8-13)20-16(18-2)19-11-15-12-23-17(21-15)22(3)4;/h12-14H,5-11H2,1-4H3,(H2,18,19,20);1H. The zero-order valence-corrected chi connectivity index (χ0v) is 18.5. The Hall–Kier alpha value is -0.570. The molecule has 0 aliphatic heterocycles. The summed E-state index contributed by atoms with van der Waals surface area (Å²) in [7, 11) is 5.88. The minimum absolute atomic E-state index is 0. The van der Waals surface area contributed by atoms with Gasteiger partial charge in [0.25, 0.3) is 0 Å². The van der Waals surface area contributed by atoms with Crippen LogP contribution in [0.2, 0.25) is 0 Å². The van der Waals surface area contributed by atoms with Crippen LogP contribution in [0.25, 0.3) is 0 Å². The summed E-state index contributed by atoms with van der Waals surface area (Å²) in [5, 5.41) is 10.1. The van der Waals surface area contributed by atoms with Gasteiger partial charge in [-0.15, -0.1) is 35.3 Å². The van der Waals surface area contributed by atoms with Gasteiger partial charge in [0.05, 0.1) is 12.2 Å². The van der Waals surface area contributed by atoms with Crippen molar-refractivity contribution in [3.05, 3.63) is 11.1 Å². The molecule has 138 valence electrons. The normalized spacial score (nSPS) is 21.1. The molecular weight excluding hydrogens is 433 g/mol. The molecule has 0 saturated heterocycles. The zero-order chi connectivity index (χ0) is 16.7. The maximum atomic E-state index is 4.59. The summed E-state index contributed by atoms with van der Waals surface area (Å²) in [6, 6.07) is 0.557. The molecule has 0 bridgehead atoms. The molecule has 0 atom stereocenters. The summed E-state index contributed by atoms with van der Waals surface area (Å²) in [4.78, 5) is 11.0. The number of hydrogen-bond acceptors (Lipinski definition) is 4. The smallest absolute Gasteiger partial charge is 0.191 e. The lowest BCUT2D eigenvalue weighted by Crippen LogP contribution is -2.44. The molecule has 5 nitrogen and oxygen atoms in total. The molecule has 2 rings (SSSR count). The van der Waals surface area contributed by atoms with Crippen molar-refractivity contribution >= 4 is 46.4 Å². The number of thiazole rings is 1. The van der Waals surface area contributed by atoms with Crippen LogP contribution in [0.3, 0.4) is 0 Å². The quantitative estimate of drug-likeness (QED) is 0.381. The predicted octanol–water partition coefficient (Wildman–Crippen LogP) is 3.85. The number of nitrogens with one attached hydrogen (secondary N) is 2. The topological polar surface area (TPSA) is 52.6 Å². The molecule has 0 spiro atoms. The molecule has 1 aromatic heterocycles. The van der Waals surface area contributed by atoms with Gasteiger partial charge >= 0.3 is 0 Å². The number of aromatic nitrogens is 1. The lowest BCUT2D eigenvalue weighted by molar-refractivity contribution is 0.295. The van der Waals surface area contributed by atoms with E-state index in [1.165, 1.54) is 38.5 Å². The fourth-order valence-corrected chi connectivity index (χ4v) is 3.91. The van der Waals surface area contributed by atoms with Crippen LogP contribution in [0.1, 0.15) is 51.1 Å². The van der Waals surface area contributed by atoms with Crippen molar-refractivity contribution in [2.45, 2.75) is 58.0 Å². The third kappa shape index (κ3) is 6.74. The van der Waals surface area contributed by atoms with E-state index in [1.54, 1.807) is 11.3 Å². The first-order valence-electron chi connectivity index (χ1n) is 8.71. The highest BCUT2D eigenvalue weighted by atomic mass is 127. The number of hydrogen-bond donors (Lipinski definition) is 2. The van der Waals surface area contributed by atoms with Crippen molar-refractivity contribution in [1.29, 1.82) is 0 Å². The molecule has 1 heterocycles. The average Bonchev–Trinajstić information content (AvgIpc) is 3.02. The zero-order valence-electron chi connectivity index (χ0n) is 15.3. The number of halogens is 1. The Morgan fingerprint density at radius 3 is 2.58 bits per heavy atom. The minimum atomic E-state index is 0. The molecular formula is C17H32IN5S. The third-order valence-corrected chi connectivity index (χ3v) is 5.52. The molecule has 1 aliphatic rings. The van der Waals surface area contributed by atoms with Crippen molar-refractivity contribution in [3.8, 4) is 0 Å². The third-order valence-electron chi connectivity index (χ3n) is 4.47. The second kappa shape index (κ2) is 11.1. The van der Waals surface area contributed by atoms with E-state index in [1.807, 2.05) is 26.0 Å². The summed E-state index contributed by atoms with van der Waals surface area (Å²) in [6.07, 6.45) is 7.91. The van der Waals surface area contributed by atoms with Crippen molar-refractivity contribution in [2.24, 2.45) is 10.9 Å². The van der Waals surface area contributed by atoms with E-state index in [0.717, 1.165) is 29.2 Å². The maximum Gasteiger partial charge on any atom is 0.191 e. The van der Waals surface area contributed by atoms with Gasteiger partial charge in [-0.1, -0.05) is 19.8 Å². The van der Waals surface area contributed by atoms with Crippen LogP contribution in [0.5, 0.6) is 0 Å². The number of nitrogens with zero attached hydrogens (tertiary/aromatic N) is 3. The summed E-state index contributed by atoms with van der Waals surface area (Å²) in [5.74, 6) is 1.83. The Kier molecular flexibility index (Phi) is 9.95. The fraction of sp³-hybridized carbons (Fsp3) is 0.765. The molecule has 1 aromatic rings. The molecule has 1 fully saturated rings. The number of guanidine groups is 1. The number of anilines is 1. The van der Waals surface area contributed by atoms with Gasteiger partial charge in [0, 0.05) is 32.6 Å². The van der Waals surface area contributed by atoms with Crippen molar-refractivity contribution < 1.29 is 0 Å². The summed E-state index contributed by atoms with van der Waals surface area (Å²) < 4.78 is 0. The summed E-state index contributed by atoms with van der Waals surface area (Å²) >= 11 is 1.67. The van der Waals surface area contributed by atoms with Crippen LogP contribution in [0.15, 0.2) is 10.4 Å². The van der Waals surface area contributed by atoms with Crippen LogP contribution in [0, 0.1) is 5.92 Å². The van der Waals surface area contributed by atoms with Gasteiger partial charge in [-0.25, -0.2) is 4.98 Å². The number of rotatable bonds is 6. The first-order valence-corrected chi connectivity index (χ1v) is 9.59. The van der Waals surface area contributed by atoms with E-state index in [9.17, 15) is 0 Å². The molecule has 24 heavy (non-hydrogen) atoms. The Morgan fingerprint density at radius 1 is 1.33 bits per heavy atom. The second-order valence-corrected chi connectivity index (χ2v) is 7.43. The average molecular weight is 465 g/mol. The van der Waals surface area contributed by atoms with Gasteiger partial charge in [0.1, 0.15) is 0 Å². The van der Waals surface area contributed by atoms with E-state index in [2.05, 4.69) is 32.9 Å². The Bertz CT molecular complexity index is 495. The molecule has 1 aliphatic carbocycles. The minimum Gasteiger partial charge on any atom is -0.354 e. The van der Waals surface area contributed by atoms with Gasteiger partial charge in [-0.05, 0) is 31.6 Å². The number of aliphatic imine (C=N–C) groups is 1. The highest BCUT2D eigenvalue weighted by Gasteiger charge is 2.21. The SMILES string of the molecule is CCCC1CCC(NC(=NC)NCc2csc(N(C)C)n2)CC1.I. The summed E-state index contributed by atoms with van der Waals surface area (Å²) in [5.41, 5.74) is 1.06. The van der Waals surface area contributed by atoms with Crippen LogP contribution in [0.4, 0.5) is 5.13 Å². The Balaban J connectivity index is 0.00000288. The Labute approximate surface area is 167 Å². The van der Waals surface area contributed by atoms with Gasteiger partial charge in [0.2, 0.25) is 0 Å². The van der Waals surface area contributed by atoms with Crippen molar-refractivity contribution in [3.63, 3.8) is 0 Å².